The van der Waals surface area contributed by atoms with Crippen molar-refractivity contribution in [2.24, 2.45) is 24.3 Å². The normalized spacial score (nSPS) is 14.1. The first-order valence-electron chi connectivity index (χ1n) is 12.9. The summed E-state index contributed by atoms with van der Waals surface area (Å²) in [5.74, 6) is -1.11. The fraction of sp³-hybridized carbons (Fsp3) is 0.517. The summed E-state index contributed by atoms with van der Waals surface area (Å²) < 4.78 is 13.5. The summed E-state index contributed by atoms with van der Waals surface area (Å²) in [7, 11) is 1.92. The molecule has 0 fully saturated rings. The van der Waals surface area contributed by atoms with Crippen LogP contribution in [-0.2, 0) is 39.1 Å². The summed E-state index contributed by atoms with van der Waals surface area (Å²) >= 11 is 0. The highest BCUT2D eigenvalue weighted by Gasteiger charge is 2.32. The minimum atomic E-state index is -0.616. The lowest BCUT2D eigenvalue weighted by Gasteiger charge is -2.26. The molecule has 1 N–H and O–H groups in total. The van der Waals surface area contributed by atoms with Crippen molar-refractivity contribution in [3.05, 3.63) is 71.3 Å². The number of benzene rings is 1. The number of carbonyl (C=O) groups excluding carboxylic acids is 2. The van der Waals surface area contributed by atoms with E-state index in [1.807, 2.05) is 57.6 Å². The molecule has 0 amide bonds. The highest BCUT2D eigenvalue weighted by Crippen LogP contribution is 2.29. The van der Waals surface area contributed by atoms with E-state index in [4.69, 9.17) is 9.47 Å². The number of ether oxygens (including phenoxy) is 2. The molecule has 0 saturated heterocycles. The number of H-pyrrole nitrogens is 1. The van der Waals surface area contributed by atoms with E-state index in [0.29, 0.717) is 12.8 Å². The third-order valence-electron chi connectivity index (χ3n) is 7.03. The lowest BCUT2D eigenvalue weighted by molar-refractivity contribution is -0.160. The second-order valence-electron chi connectivity index (χ2n) is 10.8. The zero-order valence-corrected chi connectivity index (χ0v) is 23.1. The van der Waals surface area contributed by atoms with Crippen LogP contribution in [0.1, 0.15) is 75.0 Å². The van der Waals surface area contributed by atoms with Crippen LogP contribution in [-0.4, -0.2) is 38.1 Å². The topological polar surface area (TPSA) is 99.1 Å². The molecule has 0 radical (unpaired) electrons. The van der Waals surface area contributed by atoms with Crippen LogP contribution in [0.4, 0.5) is 0 Å². The summed E-state index contributed by atoms with van der Waals surface area (Å²) in [4.78, 5) is 37.4. The molecule has 1 aromatic carbocycles. The summed E-state index contributed by atoms with van der Waals surface area (Å²) in [6.07, 6.45) is 8.22. The quantitative estimate of drug-likeness (QED) is 0.361. The highest BCUT2D eigenvalue weighted by molar-refractivity contribution is 5.75. The molecule has 3 aromatic rings. The molecule has 0 saturated carbocycles. The van der Waals surface area contributed by atoms with Crippen LogP contribution in [0.5, 0.6) is 0 Å². The maximum Gasteiger partial charge on any atom is 0.311 e. The molecule has 8 nitrogen and oxygen atoms in total. The maximum absolute atomic E-state index is 13.4. The van der Waals surface area contributed by atoms with Gasteiger partial charge in [-0.05, 0) is 57.2 Å². The molecule has 0 aliphatic rings. The van der Waals surface area contributed by atoms with Crippen LogP contribution in [0.3, 0.4) is 0 Å². The molecule has 0 unspecified atom stereocenters. The Hall–Kier alpha value is -3.42. The molecule has 2 heterocycles. The van der Waals surface area contributed by atoms with E-state index < -0.39 is 11.3 Å². The predicted molar refractivity (Wildman–Crippen MR) is 142 cm³/mol. The predicted octanol–water partition coefficient (Wildman–Crippen LogP) is 5.12. The van der Waals surface area contributed by atoms with Gasteiger partial charge in [-0.2, -0.15) is 0 Å². The average molecular weight is 509 g/mol. The molecular formula is C29H40N4O4. The van der Waals surface area contributed by atoms with Crippen molar-refractivity contribution in [2.75, 3.05) is 6.61 Å². The average Bonchev–Trinajstić information content (AvgIpc) is 3.53. The first-order chi connectivity index (χ1) is 17.5. The van der Waals surface area contributed by atoms with Crippen molar-refractivity contribution < 1.29 is 19.1 Å². The maximum atomic E-state index is 13.4. The Morgan fingerprint density at radius 2 is 1.95 bits per heavy atom. The number of aromatic nitrogens is 4. The number of imidazole rings is 2. The number of hydrogen-bond donors (Lipinski definition) is 1. The van der Waals surface area contributed by atoms with Gasteiger partial charge in [0, 0.05) is 37.0 Å². The van der Waals surface area contributed by atoms with Crippen LogP contribution in [0.25, 0.3) is 0 Å². The fourth-order valence-electron chi connectivity index (χ4n) is 4.51. The minimum Gasteiger partial charge on any atom is -0.465 e. The zero-order chi connectivity index (χ0) is 27.2. The largest absolute Gasteiger partial charge is 0.465 e. The van der Waals surface area contributed by atoms with E-state index in [0.717, 1.165) is 28.1 Å². The summed E-state index contributed by atoms with van der Waals surface area (Å²) in [6, 6.07) is 6.06. The molecule has 0 bridgehead atoms. The zero-order valence-electron chi connectivity index (χ0n) is 23.1. The van der Waals surface area contributed by atoms with E-state index >= 15 is 0 Å². The van der Waals surface area contributed by atoms with E-state index in [1.165, 1.54) is 0 Å². The van der Waals surface area contributed by atoms with Gasteiger partial charge in [0.05, 0.1) is 36.3 Å². The molecule has 0 aliphatic heterocycles. The van der Waals surface area contributed by atoms with E-state index in [-0.39, 0.29) is 37.0 Å². The van der Waals surface area contributed by atoms with Gasteiger partial charge in [0.25, 0.3) is 0 Å². The number of hydrogen-bond acceptors (Lipinski definition) is 6. The Balaban J connectivity index is 1.74. The number of rotatable bonds is 11. The minimum absolute atomic E-state index is 0.117. The van der Waals surface area contributed by atoms with Gasteiger partial charge in [-0.25, -0.2) is 9.97 Å². The molecule has 8 heteroatoms. The van der Waals surface area contributed by atoms with E-state index in [1.54, 1.807) is 18.9 Å². The number of aryl methyl sites for hydroxylation is 1. The molecule has 37 heavy (non-hydrogen) atoms. The van der Waals surface area contributed by atoms with Gasteiger partial charge in [0.15, 0.2) is 0 Å². The standard InChI is InChI=1S/C29H40N4O4/c1-8-24(22(12-23-13-31-18-33(23)7)16-37-28(35)29(4,5)6)27(34)36-15-21-10-9-11-25(19(21)2)20(3)26-14-30-17-32-26/h9-11,13-14,17-18,20,22,24H,8,12,15-16H2,1-7H3,(H,30,32)/t20-,22-,24-/m0/s1. The van der Waals surface area contributed by atoms with Crippen molar-refractivity contribution in [1.29, 1.82) is 0 Å². The first-order valence-corrected chi connectivity index (χ1v) is 12.9. The fourth-order valence-corrected chi connectivity index (χ4v) is 4.51. The van der Waals surface area contributed by atoms with Crippen LogP contribution < -0.4 is 0 Å². The van der Waals surface area contributed by atoms with Gasteiger partial charge in [-0.1, -0.05) is 32.0 Å². The molecule has 3 rings (SSSR count). The number of esters is 2. The number of nitrogens with zero attached hydrogens (tertiary/aromatic N) is 3. The van der Waals surface area contributed by atoms with Crippen molar-refractivity contribution >= 4 is 11.9 Å². The van der Waals surface area contributed by atoms with E-state index in [9.17, 15) is 9.59 Å². The molecule has 0 aliphatic carbocycles. The van der Waals surface area contributed by atoms with Gasteiger partial charge in [-0.15, -0.1) is 0 Å². The third-order valence-corrected chi connectivity index (χ3v) is 7.03. The van der Waals surface area contributed by atoms with Gasteiger partial charge < -0.3 is 19.0 Å². The van der Waals surface area contributed by atoms with Crippen molar-refractivity contribution in [3.63, 3.8) is 0 Å². The lowest BCUT2D eigenvalue weighted by atomic mass is 9.86. The third kappa shape index (κ3) is 7.08. The number of nitrogens with one attached hydrogen (secondary N) is 1. The number of carbonyl (C=O) groups is 2. The second kappa shape index (κ2) is 12.2. The van der Waals surface area contributed by atoms with Crippen LogP contribution in [0.2, 0.25) is 0 Å². The Morgan fingerprint density at radius 1 is 1.19 bits per heavy atom. The van der Waals surface area contributed by atoms with Crippen molar-refractivity contribution in [3.8, 4) is 0 Å². The smallest absolute Gasteiger partial charge is 0.311 e. The Labute approximate surface area is 219 Å². The summed E-state index contributed by atoms with van der Waals surface area (Å²) in [5.41, 5.74) is 4.52. The van der Waals surface area contributed by atoms with Crippen LogP contribution in [0.15, 0.2) is 43.2 Å². The summed E-state index contributed by atoms with van der Waals surface area (Å²) in [5, 5.41) is 0. The summed E-state index contributed by atoms with van der Waals surface area (Å²) in [6.45, 7) is 11.9. The van der Waals surface area contributed by atoms with Gasteiger partial charge in [0.1, 0.15) is 6.61 Å². The Morgan fingerprint density at radius 3 is 2.54 bits per heavy atom. The van der Waals surface area contributed by atoms with Crippen LogP contribution >= 0.6 is 0 Å². The van der Waals surface area contributed by atoms with Crippen molar-refractivity contribution in [1.82, 2.24) is 19.5 Å². The van der Waals surface area contributed by atoms with Gasteiger partial charge in [-0.3, -0.25) is 9.59 Å². The molecule has 3 atom stereocenters. The Kier molecular flexibility index (Phi) is 9.29. The second-order valence-corrected chi connectivity index (χ2v) is 10.8. The highest BCUT2D eigenvalue weighted by atomic mass is 16.5. The Bertz CT molecular complexity index is 1180. The molecule has 0 spiro atoms. The monoisotopic (exact) mass is 508 g/mol. The SMILES string of the molecule is CC[C@H](C(=O)OCc1cccc([C@H](C)c2c[nH]cn2)c1C)[C@H](COC(=O)C(C)(C)C)Cc1cncn1C. The van der Waals surface area contributed by atoms with E-state index in [2.05, 4.69) is 34.9 Å². The molecule has 2 aromatic heterocycles. The first kappa shape index (κ1) is 28.2. The van der Waals surface area contributed by atoms with Gasteiger partial charge >= 0.3 is 11.9 Å². The van der Waals surface area contributed by atoms with Crippen molar-refractivity contribution in [2.45, 2.75) is 66.9 Å². The van der Waals surface area contributed by atoms with Crippen LogP contribution in [0, 0.1) is 24.2 Å². The lowest BCUT2D eigenvalue weighted by Crippen LogP contribution is -2.33. The van der Waals surface area contributed by atoms with Gasteiger partial charge in [0.2, 0.25) is 0 Å². The molecule has 200 valence electrons. The molecular weight excluding hydrogens is 468 g/mol. The number of aromatic amines is 1.